The Morgan fingerprint density at radius 2 is 2.33 bits per heavy atom. The molecule has 0 aliphatic carbocycles. The van der Waals surface area contributed by atoms with Crippen molar-refractivity contribution in [2.24, 2.45) is 0 Å². The molecule has 0 N–H and O–H groups in total. The van der Waals surface area contributed by atoms with E-state index in [1.807, 2.05) is 19.1 Å². The monoisotopic (exact) mass is 206 g/mol. The van der Waals surface area contributed by atoms with Crippen molar-refractivity contribution < 1.29 is 4.74 Å². The number of hydrogen-bond donors (Lipinski definition) is 0. The van der Waals surface area contributed by atoms with Crippen LogP contribution in [0.25, 0.3) is 0 Å². The quantitative estimate of drug-likeness (QED) is 0.755. The smallest absolute Gasteiger partial charge is 0.137 e. The van der Waals surface area contributed by atoms with Gasteiger partial charge in [-0.1, -0.05) is 0 Å². The molecule has 0 spiro atoms. The maximum atomic E-state index is 5.73. The minimum Gasteiger partial charge on any atom is -0.490 e. The number of likely N-dealkylation sites (N-methyl/N-ethyl adjacent to an activating group) is 1. The Morgan fingerprint density at radius 3 is 2.80 bits per heavy atom. The van der Waals surface area contributed by atoms with Crippen LogP contribution in [0.3, 0.4) is 0 Å². The zero-order valence-corrected chi connectivity index (χ0v) is 9.66. The molecule has 0 bridgehead atoms. The highest BCUT2D eigenvalue weighted by Gasteiger charge is 2.38. The maximum Gasteiger partial charge on any atom is 0.137 e. The van der Waals surface area contributed by atoms with Gasteiger partial charge in [-0.25, -0.2) is 0 Å². The van der Waals surface area contributed by atoms with E-state index in [-0.39, 0.29) is 5.54 Å². The summed E-state index contributed by atoms with van der Waals surface area (Å²) < 4.78 is 5.73. The summed E-state index contributed by atoms with van der Waals surface area (Å²) in [4.78, 5) is 6.53. The first-order valence-electron chi connectivity index (χ1n) is 5.37. The van der Waals surface area contributed by atoms with Crippen LogP contribution < -0.4 is 4.74 Å². The molecule has 0 saturated carbocycles. The second kappa shape index (κ2) is 3.81. The molecule has 1 aliphatic rings. The van der Waals surface area contributed by atoms with Crippen LogP contribution in [0, 0.1) is 6.92 Å². The van der Waals surface area contributed by atoms with Gasteiger partial charge >= 0.3 is 0 Å². The summed E-state index contributed by atoms with van der Waals surface area (Å²) in [6, 6.07) is 3.95. The van der Waals surface area contributed by atoms with Crippen molar-refractivity contribution >= 4 is 0 Å². The van der Waals surface area contributed by atoms with Crippen molar-refractivity contribution in [1.29, 1.82) is 0 Å². The number of aromatic nitrogens is 1. The van der Waals surface area contributed by atoms with Crippen LogP contribution in [0.5, 0.6) is 5.75 Å². The van der Waals surface area contributed by atoms with E-state index < -0.39 is 0 Å². The zero-order chi connectivity index (χ0) is 10.9. The minimum absolute atomic E-state index is 0.213. The highest BCUT2D eigenvalue weighted by atomic mass is 16.5. The van der Waals surface area contributed by atoms with Gasteiger partial charge in [0.25, 0.3) is 0 Å². The fraction of sp³-hybridized carbons (Fsp3) is 0.583. The van der Waals surface area contributed by atoms with Crippen molar-refractivity contribution in [3.8, 4) is 5.75 Å². The molecular weight excluding hydrogens is 188 g/mol. The van der Waals surface area contributed by atoms with E-state index in [2.05, 4.69) is 23.9 Å². The van der Waals surface area contributed by atoms with Crippen molar-refractivity contribution in [3.05, 3.63) is 24.0 Å². The Morgan fingerprint density at radius 1 is 1.53 bits per heavy atom. The Hall–Kier alpha value is -1.09. The molecule has 1 atom stereocenters. The van der Waals surface area contributed by atoms with Crippen LogP contribution in [0.4, 0.5) is 0 Å². The van der Waals surface area contributed by atoms with E-state index in [9.17, 15) is 0 Å². The first-order chi connectivity index (χ1) is 7.10. The lowest BCUT2D eigenvalue weighted by Crippen LogP contribution is -2.58. The van der Waals surface area contributed by atoms with Crippen LogP contribution >= 0.6 is 0 Å². The molecule has 15 heavy (non-hydrogen) atoms. The van der Waals surface area contributed by atoms with Gasteiger partial charge in [0.1, 0.15) is 12.4 Å². The Labute approximate surface area is 91.1 Å². The van der Waals surface area contributed by atoms with Crippen LogP contribution in [-0.4, -0.2) is 35.6 Å². The predicted octanol–water partition coefficient (Wildman–Crippen LogP) is 1.86. The Balaban J connectivity index is 1.90. The first kappa shape index (κ1) is 10.4. The van der Waals surface area contributed by atoms with E-state index in [0.717, 1.165) is 18.1 Å². The van der Waals surface area contributed by atoms with Crippen molar-refractivity contribution in [2.75, 3.05) is 20.2 Å². The summed E-state index contributed by atoms with van der Waals surface area (Å²) in [5.41, 5.74) is 1.24. The van der Waals surface area contributed by atoms with Crippen molar-refractivity contribution in [2.45, 2.75) is 25.8 Å². The lowest BCUT2D eigenvalue weighted by Gasteiger charge is -2.48. The molecule has 1 aromatic rings. The van der Waals surface area contributed by atoms with E-state index in [1.54, 1.807) is 6.20 Å². The number of aryl methyl sites for hydroxylation is 1. The molecule has 2 rings (SSSR count). The van der Waals surface area contributed by atoms with Crippen molar-refractivity contribution in [1.82, 2.24) is 9.88 Å². The van der Waals surface area contributed by atoms with Crippen LogP contribution in [0.2, 0.25) is 0 Å². The van der Waals surface area contributed by atoms with Crippen LogP contribution in [0.15, 0.2) is 18.3 Å². The lowest BCUT2D eigenvalue weighted by molar-refractivity contribution is -0.0109. The first-order valence-corrected chi connectivity index (χ1v) is 5.37. The van der Waals surface area contributed by atoms with Gasteiger partial charge in [0.15, 0.2) is 0 Å². The molecule has 0 aromatic carbocycles. The normalized spacial score (nSPS) is 26.1. The van der Waals surface area contributed by atoms with E-state index in [4.69, 9.17) is 4.74 Å². The summed E-state index contributed by atoms with van der Waals surface area (Å²) in [7, 11) is 2.14. The third-order valence-electron chi connectivity index (χ3n) is 3.34. The van der Waals surface area contributed by atoms with Gasteiger partial charge in [-0.05, 0) is 39.4 Å². The molecule has 1 fully saturated rings. The summed E-state index contributed by atoms with van der Waals surface area (Å²) in [6.45, 7) is 6.13. The van der Waals surface area contributed by atoms with Crippen LogP contribution in [-0.2, 0) is 0 Å². The molecule has 3 nitrogen and oxygen atoms in total. The SMILES string of the molecule is Cc1ccc(OCC2(C)CCN2C)cn1. The summed E-state index contributed by atoms with van der Waals surface area (Å²) in [5.74, 6) is 0.863. The number of pyridine rings is 1. The van der Waals surface area contributed by atoms with Gasteiger partial charge in [-0.15, -0.1) is 0 Å². The topological polar surface area (TPSA) is 25.4 Å². The highest BCUT2D eigenvalue weighted by Crippen LogP contribution is 2.28. The average Bonchev–Trinajstić information content (AvgIpc) is 2.26. The minimum atomic E-state index is 0.213. The van der Waals surface area contributed by atoms with Gasteiger partial charge in [0.2, 0.25) is 0 Å². The molecule has 1 unspecified atom stereocenters. The number of rotatable bonds is 3. The highest BCUT2D eigenvalue weighted by molar-refractivity contribution is 5.19. The van der Waals surface area contributed by atoms with Gasteiger partial charge in [-0.3, -0.25) is 9.88 Å². The summed E-state index contributed by atoms with van der Waals surface area (Å²) in [6.07, 6.45) is 3.00. The number of likely N-dealkylation sites (tertiary alicyclic amines) is 1. The largest absolute Gasteiger partial charge is 0.490 e. The Kier molecular flexibility index (Phi) is 2.65. The van der Waals surface area contributed by atoms with Gasteiger partial charge in [0, 0.05) is 12.2 Å². The number of nitrogens with zero attached hydrogens (tertiary/aromatic N) is 2. The second-order valence-electron chi connectivity index (χ2n) is 4.59. The van der Waals surface area contributed by atoms with E-state index in [0.29, 0.717) is 0 Å². The second-order valence-corrected chi connectivity index (χ2v) is 4.59. The molecule has 3 heteroatoms. The summed E-state index contributed by atoms with van der Waals surface area (Å²) in [5, 5.41) is 0. The molecule has 1 aromatic heterocycles. The standard InChI is InChI=1S/C12H18N2O/c1-10-4-5-11(8-13-10)15-9-12(2)6-7-14(12)3/h4-5,8H,6-7,9H2,1-3H3. The lowest BCUT2D eigenvalue weighted by atomic mass is 9.88. The predicted molar refractivity (Wildman–Crippen MR) is 60.1 cm³/mol. The average molecular weight is 206 g/mol. The molecule has 1 aliphatic heterocycles. The van der Waals surface area contributed by atoms with Crippen molar-refractivity contribution in [3.63, 3.8) is 0 Å². The third kappa shape index (κ3) is 2.12. The van der Waals surface area contributed by atoms with Gasteiger partial charge in [-0.2, -0.15) is 0 Å². The summed E-state index contributed by atoms with van der Waals surface area (Å²) >= 11 is 0. The molecule has 0 radical (unpaired) electrons. The molecule has 1 saturated heterocycles. The van der Waals surface area contributed by atoms with Crippen LogP contribution in [0.1, 0.15) is 19.0 Å². The molecule has 2 heterocycles. The van der Waals surface area contributed by atoms with E-state index in [1.165, 1.54) is 13.0 Å². The van der Waals surface area contributed by atoms with Gasteiger partial charge in [0.05, 0.1) is 11.7 Å². The molecular formula is C12H18N2O. The maximum absolute atomic E-state index is 5.73. The fourth-order valence-corrected chi connectivity index (χ4v) is 1.68. The zero-order valence-electron chi connectivity index (χ0n) is 9.66. The number of ether oxygens (including phenoxy) is 1. The number of hydrogen-bond acceptors (Lipinski definition) is 3. The van der Waals surface area contributed by atoms with Gasteiger partial charge < -0.3 is 4.74 Å². The third-order valence-corrected chi connectivity index (χ3v) is 3.34. The molecule has 0 amide bonds. The Bertz CT molecular complexity index is 336. The fourth-order valence-electron chi connectivity index (χ4n) is 1.68. The molecule has 82 valence electrons. The van der Waals surface area contributed by atoms with E-state index >= 15 is 0 Å².